The Morgan fingerprint density at radius 2 is 2.32 bits per heavy atom. The van der Waals surface area contributed by atoms with Gasteiger partial charge >= 0.3 is 0 Å². The van der Waals surface area contributed by atoms with Crippen LogP contribution in [0.4, 0.5) is 4.39 Å². The molecule has 2 aromatic rings. The van der Waals surface area contributed by atoms with Crippen LogP contribution in [0.25, 0.3) is 10.6 Å². The van der Waals surface area contributed by atoms with Crippen LogP contribution in [0.2, 0.25) is 0 Å². The van der Waals surface area contributed by atoms with E-state index in [9.17, 15) is 9.65 Å². The summed E-state index contributed by atoms with van der Waals surface area (Å²) in [6.45, 7) is 3.56. The van der Waals surface area contributed by atoms with Gasteiger partial charge in [-0.15, -0.1) is 11.3 Å². The van der Waals surface area contributed by atoms with Crippen LogP contribution >= 0.6 is 11.3 Å². The topological polar surface area (TPSA) is 49.1 Å². The van der Waals surface area contributed by atoms with E-state index >= 15 is 0 Å². The van der Waals surface area contributed by atoms with Crippen molar-refractivity contribution in [2.75, 3.05) is 26.5 Å². The molecule has 0 spiro atoms. The second-order valence-corrected chi connectivity index (χ2v) is 6.63. The van der Waals surface area contributed by atoms with E-state index in [0.29, 0.717) is 18.0 Å². The molecule has 1 aliphatic heterocycles. The fourth-order valence-electron chi connectivity index (χ4n) is 2.48. The number of benzene rings is 1. The maximum atomic E-state index is 12.5. The summed E-state index contributed by atoms with van der Waals surface area (Å²) in [4.78, 5) is 7.49. The Morgan fingerprint density at radius 3 is 2.95 bits per heavy atom. The van der Waals surface area contributed by atoms with Crippen molar-refractivity contribution < 1.29 is 9.13 Å². The van der Waals surface area contributed by atoms with E-state index in [4.69, 9.17) is 4.74 Å². The summed E-state index contributed by atoms with van der Waals surface area (Å²) in [6.07, 6.45) is 1.79. The van der Waals surface area contributed by atoms with Crippen molar-refractivity contribution in [2.45, 2.75) is 6.92 Å². The van der Waals surface area contributed by atoms with E-state index in [1.165, 1.54) is 11.3 Å². The van der Waals surface area contributed by atoms with Gasteiger partial charge in [-0.25, -0.2) is 4.98 Å². The van der Waals surface area contributed by atoms with E-state index in [1.54, 1.807) is 18.3 Å². The summed E-state index contributed by atoms with van der Waals surface area (Å²) in [5.74, 6) is 0.784. The number of alkyl halides is 1. The zero-order valence-electron chi connectivity index (χ0n) is 12.3. The first kappa shape index (κ1) is 14.9. The Balaban J connectivity index is 1.80. The number of aryl methyl sites for hydroxylation is 1. The maximum Gasteiger partial charge on any atom is 0.142 e. The molecule has 114 valence electrons. The highest BCUT2D eigenvalue weighted by atomic mass is 32.1. The fraction of sp³-hybridized carbons (Fsp3) is 0.375. The van der Waals surface area contributed by atoms with Crippen molar-refractivity contribution in [1.29, 1.82) is 5.26 Å². The number of nitriles is 1. The Labute approximate surface area is 132 Å². The molecule has 1 aliphatic rings. The Morgan fingerprint density at radius 1 is 1.50 bits per heavy atom. The fourth-order valence-corrected chi connectivity index (χ4v) is 3.30. The zero-order chi connectivity index (χ0) is 15.5. The van der Waals surface area contributed by atoms with Gasteiger partial charge in [0, 0.05) is 30.1 Å². The lowest BCUT2D eigenvalue weighted by Gasteiger charge is -2.37. The molecular formula is C16H16FN3OS. The number of hydrogen-bond acceptors (Lipinski definition) is 5. The summed E-state index contributed by atoms with van der Waals surface area (Å²) >= 11 is 1.54. The molecule has 0 saturated carbocycles. The molecule has 2 heterocycles. The molecule has 22 heavy (non-hydrogen) atoms. The molecule has 3 rings (SSSR count). The van der Waals surface area contributed by atoms with Crippen LogP contribution in [0.3, 0.4) is 0 Å². The van der Waals surface area contributed by atoms with Crippen molar-refractivity contribution in [3.63, 3.8) is 0 Å². The van der Waals surface area contributed by atoms with Gasteiger partial charge in [0.15, 0.2) is 0 Å². The number of ether oxygens (including phenoxy) is 1. The monoisotopic (exact) mass is 317 g/mol. The van der Waals surface area contributed by atoms with Crippen LogP contribution in [0.1, 0.15) is 10.4 Å². The first-order chi connectivity index (χ1) is 10.7. The van der Waals surface area contributed by atoms with Crippen LogP contribution in [-0.4, -0.2) is 36.4 Å². The van der Waals surface area contributed by atoms with Crippen LogP contribution in [0.15, 0.2) is 24.4 Å². The van der Waals surface area contributed by atoms with Crippen molar-refractivity contribution in [2.24, 2.45) is 5.92 Å². The van der Waals surface area contributed by atoms with Gasteiger partial charge in [0.25, 0.3) is 0 Å². The van der Waals surface area contributed by atoms with Gasteiger partial charge in [0.1, 0.15) is 23.6 Å². The third-order valence-corrected chi connectivity index (χ3v) is 4.57. The zero-order valence-corrected chi connectivity index (χ0v) is 13.1. The third kappa shape index (κ3) is 2.96. The second-order valence-electron chi connectivity index (χ2n) is 5.40. The summed E-state index contributed by atoms with van der Waals surface area (Å²) in [5.41, 5.74) is 1.29. The second kappa shape index (κ2) is 6.42. The van der Waals surface area contributed by atoms with E-state index in [1.807, 2.05) is 17.9 Å². The van der Waals surface area contributed by atoms with Crippen LogP contribution < -0.4 is 4.74 Å². The van der Waals surface area contributed by atoms with Gasteiger partial charge in [-0.05, 0) is 19.1 Å². The number of thiazole rings is 1. The third-order valence-electron chi connectivity index (χ3n) is 3.64. The normalized spacial score (nSPS) is 15.3. The summed E-state index contributed by atoms with van der Waals surface area (Å²) in [6, 6.07) is 7.62. The summed E-state index contributed by atoms with van der Waals surface area (Å²) in [5, 5.41) is 10.1. The van der Waals surface area contributed by atoms with Gasteiger partial charge in [-0.1, -0.05) is 6.07 Å². The molecule has 0 N–H and O–H groups in total. The highest BCUT2D eigenvalue weighted by Crippen LogP contribution is 2.36. The standard InChI is InChI=1S/C16H16FN3OS/c1-11-7-19-16(22-11)15-13(6-18)3-2-4-14(15)21-10-20-8-12(5-17)9-20/h2-4,7,12H,5,8-10H2,1H3. The number of rotatable bonds is 5. The maximum absolute atomic E-state index is 12.5. The van der Waals surface area contributed by atoms with Crippen LogP contribution in [0.5, 0.6) is 5.75 Å². The van der Waals surface area contributed by atoms with Crippen LogP contribution in [0, 0.1) is 24.2 Å². The van der Waals surface area contributed by atoms with Crippen molar-refractivity contribution >= 4 is 11.3 Å². The summed E-state index contributed by atoms with van der Waals surface area (Å²) < 4.78 is 18.3. The predicted octanol–water partition coefficient (Wildman–Crippen LogP) is 3.23. The molecule has 0 radical (unpaired) electrons. The van der Waals surface area contributed by atoms with E-state index in [2.05, 4.69) is 11.1 Å². The number of hydrogen-bond donors (Lipinski definition) is 0. The van der Waals surface area contributed by atoms with Gasteiger partial charge in [0.05, 0.1) is 17.8 Å². The SMILES string of the molecule is Cc1cnc(-c2c(C#N)cccc2OCN2CC(CF)C2)s1. The predicted molar refractivity (Wildman–Crippen MR) is 83.5 cm³/mol. The van der Waals surface area contributed by atoms with Gasteiger partial charge in [0.2, 0.25) is 0 Å². The largest absolute Gasteiger partial charge is 0.477 e. The van der Waals surface area contributed by atoms with Gasteiger partial charge in [-0.3, -0.25) is 9.29 Å². The Hall–Kier alpha value is -1.97. The molecule has 6 heteroatoms. The van der Waals surface area contributed by atoms with E-state index in [-0.39, 0.29) is 12.6 Å². The average molecular weight is 317 g/mol. The molecule has 1 saturated heterocycles. The number of aromatic nitrogens is 1. The average Bonchev–Trinajstić information content (AvgIpc) is 2.91. The first-order valence-electron chi connectivity index (χ1n) is 7.08. The van der Waals surface area contributed by atoms with Crippen molar-refractivity contribution in [3.8, 4) is 22.4 Å². The lowest BCUT2D eigenvalue weighted by molar-refractivity contribution is 0.0156. The highest BCUT2D eigenvalue weighted by Gasteiger charge is 2.27. The van der Waals surface area contributed by atoms with E-state index in [0.717, 1.165) is 28.5 Å². The molecule has 0 amide bonds. The summed E-state index contributed by atoms with van der Waals surface area (Å²) in [7, 11) is 0. The molecule has 1 fully saturated rings. The van der Waals surface area contributed by atoms with E-state index < -0.39 is 0 Å². The quantitative estimate of drug-likeness (QED) is 0.849. The lowest BCUT2D eigenvalue weighted by Crippen LogP contribution is -2.49. The molecule has 0 atom stereocenters. The molecule has 1 aromatic carbocycles. The lowest BCUT2D eigenvalue weighted by atomic mass is 10.0. The number of nitrogens with zero attached hydrogens (tertiary/aromatic N) is 3. The molecular weight excluding hydrogens is 301 g/mol. The van der Waals surface area contributed by atoms with Crippen molar-refractivity contribution in [3.05, 3.63) is 34.8 Å². The van der Waals surface area contributed by atoms with Crippen LogP contribution in [-0.2, 0) is 0 Å². The number of likely N-dealkylation sites (tertiary alicyclic amines) is 1. The smallest absolute Gasteiger partial charge is 0.142 e. The molecule has 4 nitrogen and oxygen atoms in total. The molecule has 0 unspecified atom stereocenters. The Kier molecular flexibility index (Phi) is 4.36. The molecule has 0 bridgehead atoms. The first-order valence-corrected chi connectivity index (χ1v) is 7.90. The molecule has 0 aliphatic carbocycles. The molecule has 1 aromatic heterocycles. The highest BCUT2D eigenvalue weighted by molar-refractivity contribution is 7.15. The van der Waals surface area contributed by atoms with Crippen molar-refractivity contribution in [1.82, 2.24) is 9.88 Å². The minimum atomic E-state index is -0.274. The van der Waals surface area contributed by atoms with Gasteiger partial charge in [-0.2, -0.15) is 5.26 Å². The minimum absolute atomic E-state index is 0.134. The van der Waals surface area contributed by atoms with Gasteiger partial charge < -0.3 is 4.74 Å². The minimum Gasteiger partial charge on any atom is -0.477 e. The Bertz CT molecular complexity index is 704. The number of halogens is 1.